The number of nitriles is 1. The number of likely N-dealkylation sites (tertiary alicyclic amines) is 1. The second-order valence-electron chi connectivity index (χ2n) is 12.3. The van der Waals surface area contributed by atoms with Crippen LogP contribution < -0.4 is 15.0 Å². The van der Waals surface area contributed by atoms with Gasteiger partial charge in [0, 0.05) is 48.7 Å². The fourth-order valence-electron chi connectivity index (χ4n) is 7.62. The lowest BCUT2D eigenvalue weighted by atomic mass is 9.62. The smallest absolute Gasteiger partial charge is 0.318 e. The molecule has 1 aromatic heterocycles. The minimum Gasteiger partial charge on any atom is -0.508 e. The summed E-state index contributed by atoms with van der Waals surface area (Å²) in [5, 5.41) is 23.2. The number of aromatic hydroxyl groups is 1. The van der Waals surface area contributed by atoms with Gasteiger partial charge in [0.05, 0.1) is 18.2 Å². The summed E-state index contributed by atoms with van der Waals surface area (Å²) in [5.41, 5.74) is 5.00. The second kappa shape index (κ2) is 10.9. The van der Waals surface area contributed by atoms with Crippen molar-refractivity contribution < 1.29 is 9.84 Å². The van der Waals surface area contributed by atoms with Gasteiger partial charge in [0.2, 0.25) is 0 Å². The van der Waals surface area contributed by atoms with Gasteiger partial charge in [0.15, 0.2) is 0 Å². The zero-order valence-electron chi connectivity index (χ0n) is 23.5. The molecule has 2 N–H and O–H groups in total. The van der Waals surface area contributed by atoms with Crippen LogP contribution in [0.1, 0.15) is 74.8 Å². The highest BCUT2D eigenvalue weighted by Crippen LogP contribution is 2.48. The van der Waals surface area contributed by atoms with Crippen molar-refractivity contribution in [3.05, 3.63) is 40.6 Å². The van der Waals surface area contributed by atoms with Crippen LogP contribution in [0.25, 0.3) is 0 Å². The molecule has 0 bridgehead atoms. The summed E-state index contributed by atoms with van der Waals surface area (Å²) < 4.78 is 6.41. The van der Waals surface area contributed by atoms with E-state index in [9.17, 15) is 10.4 Å². The molecule has 208 valence electrons. The molecular weight excluding hydrogens is 488 g/mol. The maximum Gasteiger partial charge on any atom is 0.318 e. The molecular formula is C31H42N6O2. The van der Waals surface area contributed by atoms with Crippen LogP contribution in [0.2, 0.25) is 0 Å². The molecule has 39 heavy (non-hydrogen) atoms. The maximum atomic E-state index is 10.4. The maximum absolute atomic E-state index is 10.4. The number of nitrogens with one attached hydrogen (secondary N) is 1. The zero-order chi connectivity index (χ0) is 27.0. The molecule has 1 unspecified atom stereocenters. The van der Waals surface area contributed by atoms with E-state index in [4.69, 9.17) is 14.7 Å². The summed E-state index contributed by atoms with van der Waals surface area (Å²) in [6.07, 6.45) is 8.98. The molecule has 2 aromatic rings. The van der Waals surface area contributed by atoms with Crippen molar-refractivity contribution in [2.75, 3.05) is 37.7 Å². The van der Waals surface area contributed by atoms with Crippen molar-refractivity contribution in [3.8, 4) is 17.8 Å². The first-order valence-electron chi connectivity index (χ1n) is 14.9. The number of anilines is 1. The lowest BCUT2D eigenvalue weighted by molar-refractivity contribution is 0.138. The Morgan fingerprint density at radius 1 is 1.21 bits per heavy atom. The largest absolute Gasteiger partial charge is 0.508 e. The fraction of sp³-hybridized carbons (Fsp3) is 0.645. The number of phenols is 1. The molecule has 4 aliphatic rings. The van der Waals surface area contributed by atoms with E-state index in [0.29, 0.717) is 36.9 Å². The van der Waals surface area contributed by atoms with E-state index >= 15 is 0 Å². The molecule has 1 aromatic carbocycles. The third kappa shape index (κ3) is 5.19. The highest BCUT2D eigenvalue weighted by Gasteiger charge is 2.42. The number of ether oxygens (including phenoxy) is 1. The van der Waals surface area contributed by atoms with Crippen LogP contribution in [0.3, 0.4) is 0 Å². The number of hydrogen-bond donors (Lipinski definition) is 2. The van der Waals surface area contributed by atoms with Gasteiger partial charge in [-0.25, -0.2) is 0 Å². The zero-order valence-corrected chi connectivity index (χ0v) is 23.5. The van der Waals surface area contributed by atoms with Crippen molar-refractivity contribution in [2.45, 2.75) is 95.2 Å². The third-order valence-electron chi connectivity index (χ3n) is 9.56. The van der Waals surface area contributed by atoms with Crippen molar-refractivity contribution in [2.24, 2.45) is 0 Å². The van der Waals surface area contributed by atoms with Gasteiger partial charge in [0.1, 0.15) is 18.2 Å². The second-order valence-corrected chi connectivity index (χ2v) is 12.3. The number of hydrogen-bond acceptors (Lipinski definition) is 8. The van der Waals surface area contributed by atoms with Gasteiger partial charge < -0.3 is 20.1 Å². The Kier molecular flexibility index (Phi) is 7.39. The Morgan fingerprint density at radius 2 is 2.10 bits per heavy atom. The number of phenolic OH excluding ortho intramolecular Hbond substituents is 1. The molecule has 8 nitrogen and oxygen atoms in total. The van der Waals surface area contributed by atoms with Gasteiger partial charge >= 0.3 is 6.01 Å². The van der Waals surface area contributed by atoms with Gasteiger partial charge in [-0.3, -0.25) is 4.90 Å². The first kappa shape index (κ1) is 26.3. The minimum absolute atomic E-state index is 0.00505. The van der Waals surface area contributed by atoms with Gasteiger partial charge in [-0.2, -0.15) is 15.2 Å². The monoisotopic (exact) mass is 530 g/mol. The molecule has 8 heteroatoms. The Hall–Kier alpha value is -2.89. The van der Waals surface area contributed by atoms with E-state index in [-0.39, 0.29) is 11.5 Å². The van der Waals surface area contributed by atoms with Gasteiger partial charge in [-0.05, 0) is 95.0 Å². The molecule has 2 fully saturated rings. The number of benzene rings is 1. The standard InChI is InChI=1S/C31H42N6O2/c1-21(2)37-15-4-6-24(37)20-39-30-34-28-18-31(11-3-5-22-7-8-25(38)17-27(22)31)12-9-26(28)29(35-30)36-16-14-33-23(19-36)10-13-32/h7-8,17,21,23-24,33,38H,3-6,9-12,14-16,18-20H2,1-2H3/t23-,24-,31?/m0/s1. The van der Waals surface area contributed by atoms with E-state index in [1.807, 2.05) is 12.1 Å². The summed E-state index contributed by atoms with van der Waals surface area (Å²) in [4.78, 5) is 15.0. The van der Waals surface area contributed by atoms with Crippen LogP contribution in [0.15, 0.2) is 18.2 Å². The minimum atomic E-state index is -0.00505. The van der Waals surface area contributed by atoms with E-state index < -0.39 is 0 Å². The molecule has 6 rings (SSSR count). The number of rotatable bonds is 6. The lowest BCUT2D eigenvalue weighted by Crippen LogP contribution is -2.51. The highest BCUT2D eigenvalue weighted by molar-refractivity contribution is 5.54. The predicted molar refractivity (Wildman–Crippen MR) is 151 cm³/mol. The summed E-state index contributed by atoms with van der Waals surface area (Å²) in [6.45, 7) is 8.71. The Balaban J connectivity index is 1.34. The summed E-state index contributed by atoms with van der Waals surface area (Å²) in [6, 6.07) is 9.79. The number of aryl methyl sites for hydroxylation is 1. The van der Waals surface area contributed by atoms with Gasteiger partial charge in [-0.1, -0.05) is 6.07 Å². The Morgan fingerprint density at radius 3 is 2.95 bits per heavy atom. The van der Waals surface area contributed by atoms with E-state index in [1.165, 1.54) is 23.1 Å². The van der Waals surface area contributed by atoms with Crippen LogP contribution in [-0.4, -0.2) is 70.9 Å². The Bertz CT molecular complexity index is 1240. The van der Waals surface area contributed by atoms with Crippen molar-refractivity contribution >= 4 is 5.82 Å². The molecule has 3 heterocycles. The van der Waals surface area contributed by atoms with E-state index in [2.05, 4.69) is 41.1 Å². The Labute approximate surface area is 232 Å². The molecule has 2 saturated heterocycles. The molecule has 2 aliphatic heterocycles. The average Bonchev–Trinajstić information content (AvgIpc) is 3.41. The summed E-state index contributed by atoms with van der Waals surface area (Å²) in [7, 11) is 0. The number of piperazine rings is 1. The molecule has 0 radical (unpaired) electrons. The van der Waals surface area contributed by atoms with Crippen LogP contribution >= 0.6 is 0 Å². The normalized spacial score (nSPS) is 26.9. The van der Waals surface area contributed by atoms with Crippen molar-refractivity contribution in [1.82, 2.24) is 20.2 Å². The van der Waals surface area contributed by atoms with Crippen LogP contribution in [-0.2, 0) is 24.7 Å². The highest BCUT2D eigenvalue weighted by atomic mass is 16.5. The average molecular weight is 531 g/mol. The third-order valence-corrected chi connectivity index (χ3v) is 9.56. The molecule has 0 amide bonds. The summed E-state index contributed by atoms with van der Waals surface area (Å²) in [5.74, 6) is 1.34. The van der Waals surface area contributed by atoms with Crippen LogP contribution in [0, 0.1) is 11.3 Å². The van der Waals surface area contributed by atoms with Crippen LogP contribution in [0.5, 0.6) is 11.8 Å². The number of fused-ring (bicyclic) bond motifs is 3. The number of aromatic nitrogens is 2. The molecule has 2 aliphatic carbocycles. The SMILES string of the molecule is CC(C)N1CCC[C@H]1COc1nc2c(c(N3CCN[C@@H](CC#N)C3)n1)CCC1(CCCc3ccc(O)cc31)C2. The lowest BCUT2D eigenvalue weighted by Gasteiger charge is -2.43. The van der Waals surface area contributed by atoms with Crippen molar-refractivity contribution in [3.63, 3.8) is 0 Å². The topological polar surface area (TPSA) is 97.5 Å². The predicted octanol–water partition coefficient (Wildman–Crippen LogP) is 3.89. The first-order valence-corrected chi connectivity index (χ1v) is 14.9. The summed E-state index contributed by atoms with van der Waals surface area (Å²) >= 11 is 0. The van der Waals surface area contributed by atoms with Gasteiger partial charge in [-0.15, -0.1) is 0 Å². The quantitative estimate of drug-likeness (QED) is 0.581. The number of nitrogens with zero attached hydrogens (tertiary/aromatic N) is 5. The van der Waals surface area contributed by atoms with E-state index in [0.717, 1.165) is 82.6 Å². The van der Waals surface area contributed by atoms with Crippen LogP contribution in [0.4, 0.5) is 5.82 Å². The van der Waals surface area contributed by atoms with Gasteiger partial charge in [0.25, 0.3) is 0 Å². The molecule has 0 saturated carbocycles. The first-order chi connectivity index (χ1) is 19.0. The molecule has 1 spiro atoms. The van der Waals surface area contributed by atoms with E-state index in [1.54, 1.807) is 0 Å². The van der Waals surface area contributed by atoms with Crippen molar-refractivity contribution in [1.29, 1.82) is 5.26 Å². The fourth-order valence-corrected chi connectivity index (χ4v) is 7.62. The molecule has 3 atom stereocenters.